The van der Waals surface area contributed by atoms with E-state index in [-0.39, 0.29) is 81.4 Å². The third-order valence-electron chi connectivity index (χ3n) is 17.8. The van der Waals surface area contributed by atoms with Gasteiger partial charge in [0.25, 0.3) is 0 Å². The van der Waals surface area contributed by atoms with Crippen molar-refractivity contribution in [2.75, 3.05) is 31.7 Å². The molecule has 0 saturated heterocycles. The lowest BCUT2D eigenvalue weighted by molar-refractivity contribution is -0.139. The number of primary amides is 1. The third-order valence-corrected chi connectivity index (χ3v) is 18.5. The average molecular weight is 1400 g/mol. The molecule has 100 heavy (non-hydrogen) atoms. The zero-order valence-electron chi connectivity index (χ0n) is 58.5. The predicted octanol–water partition coefficient (Wildman–Crippen LogP) is 6.02. The molecule has 0 aliphatic carbocycles. The predicted molar refractivity (Wildman–Crippen MR) is 384 cm³/mol. The fourth-order valence-electron chi connectivity index (χ4n) is 11.9. The molecule has 0 heterocycles. The Morgan fingerprint density at radius 2 is 0.810 bits per heavy atom. The van der Waals surface area contributed by atoms with Crippen molar-refractivity contribution < 1.29 is 72.9 Å². The van der Waals surface area contributed by atoms with Gasteiger partial charge in [-0.25, -0.2) is 0 Å². The van der Waals surface area contributed by atoms with Crippen molar-refractivity contribution in [1.29, 1.82) is 0 Å². The Kier molecular flexibility index (Phi) is 38.1. The maximum absolute atomic E-state index is 14.8. The second-order valence-corrected chi connectivity index (χ2v) is 27.7. The van der Waals surface area contributed by atoms with E-state index in [9.17, 15) is 72.9 Å². The molecule has 0 aliphatic rings. The van der Waals surface area contributed by atoms with Gasteiger partial charge < -0.3 is 59.1 Å². The summed E-state index contributed by atoms with van der Waals surface area (Å²) in [6, 6.07) is 26.7. The van der Waals surface area contributed by atoms with Gasteiger partial charge in [0.2, 0.25) is 35.4 Å². The number of aromatic hydroxyl groups is 1. The van der Waals surface area contributed by atoms with Crippen molar-refractivity contribution in [1.82, 2.24) is 26.6 Å². The SMILES string of the molecule is CSCC[C@H](NC(=O)[C@@H](C)Cc1ccccc1)C(=O)C[C@@H](C)C(=O)N[C@@H](Cc1ccccc1)C(=O)C[C@@H](Cc1ccccc1)C(=O)N[C@@H](CO)C(=O)C[C@@H](CCC(=O)O)C(=O)N[C@@H](CCCCN)C(=O)C[C@@H](CCCCN)C(=O)N[C@@H](Cc1ccc(O)cc1)C(=O)C[C@@H](CC(C)C)C(N)=O. The number of aliphatic carboxylic acids is 1. The quantitative estimate of drug-likeness (QED) is 0.0225. The van der Waals surface area contributed by atoms with E-state index in [1.165, 1.54) is 23.9 Å². The van der Waals surface area contributed by atoms with E-state index in [4.69, 9.17) is 17.2 Å². The number of thioether (sulfide) groups is 1. The van der Waals surface area contributed by atoms with Crippen LogP contribution in [-0.2, 0) is 83.2 Å². The number of aliphatic hydroxyl groups is 1. The minimum absolute atomic E-state index is 0.00923. The molecule has 24 heteroatoms. The second-order valence-electron chi connectivity index (χ2n) is 26.7. The number of unbranched alkanes of at least 4 members (excludes halogenated alkanes) is 2. The molecule has 14 N–H and O–H groups in total. The summed E-state index contributed by atoms with van der Waals surface area (Å²) < 4.78 is 0. The Morgan fingerprint density at radius 1 is 0.420 bits per heavy atom. The maximum atomic E-state index is 14.8. The van der Waals surface area contributed by atoms with Crippen LogP contribution in [0.4, 0.5) is 0 Å². The average Bonchev–Trinajstić information content (AvgIpc) is 0.875. The van der Waals surface area contributed by atoms with Crippen molar-refractivity contribution in [2.24, 2.45) is 58.6 Å². The van der Waals surface area contributed by atoms with E-state index in [0.29, 0.717) is 67.4 Å². The molecule has 0 unspecified atom stereocenters. The zero-order chi connectivity index (χ0) is 73.7. The molecule has 0 aromatic heterocycles. The van der Waals surface area contributed by atoms with Gasteiger partial charge in [0.05, 0.1) is 30.8 Å². The summed E-state index contributed by atoms with van der Waals surface area (Å²) in [6.07, 6.45) is 1.40. The van der Waals surface area contributed by atoms with Crippen molar-refractivity contribution >= 4 is 82.1 Å². The Labute approximate surface area is 592 Å². The van der Waals surface area contributed by atoms with E-state index in [1.54, 1.807) is 86.6 Å². The molecule has 4 aromatic rings. The number of nitrogens with one attached hydrogen (secondary N) is 5. The van der Waals surface area contributed by atoms with Gasteiger partial charge >= 0.3 is 5.97 Å². The molecule has 11 atom stereocenters. The van der Waals surface area contributed by atoms with Crippen LogP contribution in [-0.4, -0.2) is 148 Å². The first-order chi connectivity index (χ1) is 47.7. The number of benzene rings is 4. The number of carbonyl (C=O) groups excluding carboxylic acids is 11. The molecule has 0 saturated carbocycles. The van der Waals surface area contributed by atoms with Crippen LogP contribution in [0.3, 0.4) is 0 Å². The largest absolute Gasteiger partial charge is 0.508 e. The summed E-state index contributed by atoms with van der Waals surface area (Å²) in [5, 5.41) is 44.5. The maximum Gasteiger partial charge on any atom is 0.303 e. The highest BCUT2D eigenvalue weighted by molar-refractivity contribution is 7.98. The highest BCUT2D eigenvalue weighted by Crippen LogP contribution is 2.25. The van der Waals surface area contributed by atoms with Crippen LogP contribution >= 0.6 is 11.8 Å². The van der Waals surface area contributed by atoms with Crippen molar-refractivity contribution in [3.8, 4) is 5.75 Å². The number of aliphatic hydroxyl groups excluding tert-OH is 1. The van der Waals surface area contributed by atoms with Gasteiger partial charge in [-0.15, -0.1) is 0 Å². The van der Waals surface area contributed by atoms with Crippen LogP contribution < -0.4 is 43.8 Å². The molecule has 0 fully saturated rings. The van der Waals surface area contributed by atoms with E-state index >= 15 is 0 Å². The zero-order valence-corrected chi connectivity index (χ0v) is 59.4. The van der Waals surface area contributed by atoms with Gasteiger partial charge in [-0.05, 0) is 142 Å². The lowest BCUT2D eigenvalue weighted by Crippen LogP contribution is -2.50. The van der Waals surface area contributed by atoms with Crippen LogP contribution in [0.1, 0.15) is 146 Å². The van der Waals surface area contributed by atoms with Crippen molar-refractivity contribution in [3.05, 3.63) is 138 Å². The molecule has 0 radical (unpaired) electrons. The molecular formula is C76H106N8O15S. The summed E-state index contributed by atoms with van der Waals surface area (Å²) >= 11 is 1.50. The summed E-state index contributed by atoms with van der Waals surface area (Å²) in [6.45, 7) is 6.59. The van der Waals surface area contributed by atoms with E-state index in [1.807, 2.05) is 50.4 Å². The van der Waals surface area contributed by atoms with Crippen LogP contribution in [0, 0.1) is 41.4 Å². The number of nitrogens with two attached hydrogens (primary N) is 3. The number of hydrogen-bond acceptors (Lipinski definition) is 17. The van der Waals surface area contributed by atoms with Crippen LogP contribution in [0.5, 0.6) is 5.75 Å². The summed E-state index contributed by atoms with van der Waals surface area (Å²) in [7, 11) is 0. The van der Waals surface area contributed by atoms with Crippen molar-refractivity contribution in [2.45, 2.75) is 180 Å². The molecule has 0 spiro atoms. The van der Waals surface area contributed by atoms with E-state index in [2.05, 4.69) is 26.6 Å². The Hall–Kier alpha value is -8.45. The van der Waals surface area contributed by atoms with Gasteiger partial charge in [-0.3, -0.25) is 57.5 Å². The molecule has 4 aromatic carbocycles. The number of phenols is 1. The number of carboxylic acid groups (broad SMARTS) is 1. The van der Waals surface area contributed by atoms with Gasteiger partial charge in [-0.2, -0.15) is 11.8 Å². The molecule has 4 rings (SSSR count). The lowest BCUT2D eigenvalue weighted by atomic mass is 9.87. The number of phenolic OH excluding ortho intramolecular Hbond substituents is 1. The van der Waals surface area contributed by atoms with Crippen LogP contribution in [0.15, 0.2) is 115 Å². The molecule has 546 valence electrons. The minimum atomic E-state index is -1.69. The topological polar surface area (TPSA) is 404 Å². The fraction of sp³-hybridized carbons (Fsp3) is 0.526. The minimum Gasteiger partial charge on any atom is -0.508 e. The highest BCUT2D eigenvalue weighted by atomic mass is 32.2. The van der Waals surface area contributed by atoms with Crippen LogP contribution in [0.2, 0.25) is 0 Å². The van der Waals surface area contributed by atoms with Gasteiger partial charge in [0.1, 0.15) is 11.8 Å². The normalized spacial score (nSPS) is 14.6. The number of carbonyl (C=O) groups is 12. The number of hydrogen-bond donors (Lipinski definition) is 11. The number of ketones is 5. The highest BCUT2D eigenvalue weighted by Gasteiger charge is 2.37. The Balaban J connectivity index is 1.58. The molecule has 0 aliphatic heterocycles. The lowest BCUT2D eigenvalue weighted by Gasteiger charge is -2.26. The molecular weight excluding hydrogens is 1300 g/mol. The Morgan fingerprint density at radius 3 is 1.31 bits per heavy atom. The summed E-state index contributed by atoms with van der Waals surface area (Å²) in [5.41, 5.74) is 20.2. The second kappa shape index (κ2) is 45.3. The third kappa shape index (κ3) is 31.0. The van der Waals surface area contributed by atoms with Gasteiger partial charge in [0, 0.05) is 74.0 Å². The summed E-state index contributed by atoms with van der Waals surface area (Å²) in [5.74, 6) is -13.7. The van der Waals surface area contributed by atoms with E-state index < -0.39 is 163 Å². The summed E-state index contributed by atoms with van der Waals surface area (Å²) in [4.78, 5) is 168. The van der Waals surface area contributed by atoms with E-state index in [0.717, 1.165) is 5.56 Å². The monoisotopic (exact) mass is 1400 g/mol. The standard InChI is InChI=1S/C76H106N8O15S/c1-48(2)37-57(71(79)94)45-67(89)63(42-54-27-30-59(86)31-28-54)83-74(97)55(25-15-17-34-77)43-66(88)60(26-16-18-35-78)81-75(98)56(29-32-70(92)93)44-69(91)64(47-85)84-76(99)58(40-52-21-11-7-12-22-52)46-68(90)62(41-53-23-13-8-14-24-53)82-73(96)50(4)39-65(87)61(33-36-100-5)80-72(95)49(3)38-51-19-9-6-10-20-51/h6-14,19-24,27-28,30-31,48-50,55-58,60-64,85-86H,15-18,25-26,29,32-47,77-78H2,1-5H3,(H2,79,94)(H,80,95)(H,81,98)(H,82,96)(H,83,97)(H,84,99)(H,92,93)/t49-,50+,55+,56+,57+,58+,60-,61-,62-,63-,64-/m0/s1. The number of carboxylic acids is 1. The number of amides is 6. The smallest absolute Gasteiger partial charge is 0.303 e. The van der Waals surface area contributed by atoms with Gasteiger partial charge in [0.15, 0.2) is 28.9 Å². The van der Waals surface area contributed by atoms with Crippen LogP contribution in [0.25, 0.3) is 0 Å². The number of rotatable bonds is 51. The number of Topliss-reactive ketones (excluding diaryl/α,β-unsaturated/α-hetero) is 5. The molecule has 0 bridgehead atoms. The molecule has 6 amide bonds. The first kappa shape index (κ1) is 84.0. The first-order valence-corrected chi connectivity index (χ1v) is 36.2. The molecule has 23 nitrogen and oxygen atoms in total. The Bertz CT molecular complexity index is 3270. The first-order valence-electron chi connectivity index (χ1n) is 34.8. The van der Waals surface area contributed by atoms with Crippen molar-refractivity contribution in [3.63, 3.8) is 0 Å². The van der Waals surface area contributed by atoms with Gasteiger partial charge in [-0.1, -0.05) is 137 Å². The fourth-order valence-corrected chi connectivity index (χ4v) is 12.4.